The Labute approximate surface area is 159 Å². The number of imidazole rings is 1. The number of rotatable bonds is 5. The predicted octanol–water partition coefficient (Wildman–Crippen LogP) is 3.78. The molecule has 144 valence electrons. The number of fused-ring (bicyclic) bond motifs is 3. The molecule has 7 heteroatoms. The molecule has 0 radical (unpaired) electrons. The number of hydrogen-bond donors (Lipinski definition) is 1. The van der Waals surface area contributed by atoms with Crippen LogP contribution in [0.5, 0.6) is 0 Å². The smallest absolute Gasteiger partial charge is 0.153 e. The van der Waals surface area contributed by atoms with E-state index in [0.717, 1.165) is 60.0 Å². The summed E-state index contributed by atoms with van der Waals surface area (Å²) in [5.41, 5.74) is 2.93. The van der Waals surface area contributed by atoms with Gasteiger partial charge in [-0.25, -0.2) is 18.4 Å². The number of nitrogens with one attached hydrogen (secondary N) is 1. The molecule has 3 heterocycles. The third-order valence-corrected chi connectivity index (χ3v) is 8.95. The van der Waals surface area contributed by atoms with Crippen LogP contribution in [0.25, 0.3) is 22.1 Å². The van der Waals surface area contributed by atoms with Gasteiger partial charge >= 0.3 is 0 Å². The van der Waals surface area contributed by atoms with Crippen molar-refractivity contribution in [3.63, 3.8) is 0 Å². The topological polar surface area (TPSA) is 80.6 Å². The van der Waals surface area contributed by atoms with E-state index in [2.05, 4.69) is 34.4 Å². The van der Waals surface area contributed by atoms with Crippen molar-refractivity contribution >= 4 is 31.9 Å². The summed E-state index contributed by atoms with van der Waals surface area (Å²) in [4.78, 5) is 12.4. The minimum absolute atomic E-state index is 0.0574. The van der Waals surface area contributed by atoms with Crippen molar-refractivity contribution in [3.05, 3.63) is 24.3 Å². The maximum absolute atomic E-state index is 12.5. The van der Waals surface area contributed by atoms with E-state index in [0.29, 0.717) is 17.7 Å². The van der Waals surface area contributed by atoms with E-state index in [4.69, 9.17) is 4.98 Å². The molecule has 27 heavy (non-hydrogen) atoms. The molecule has 0 amide bonds. The van der Waals surface area contributed by atoms with Crippen LogP contribution in [0.2, 0.25) is 0 Å². The first-order valence-electron chi connectivity index (χ1n) is 10.00. The van der Waals surface area contributed by atoms with Crippen LogP contribution in [0.15, 0.2) is 18.5 Å². The van der Waals surface area contributed by atoms with E-state index < -0.39 is 9.84 Å². The molecule has 0 aliphatic heterocycles. The standard InChI is InChI=1S/C20H26N4O2S/c1-3-14-8-13(11-27(25,26)15-4-5-15)9-18(14)24-12(2)23-17-10-22-20-16(19(17)24)6-7-21-20/h6-7,10,13-15,18H,3-5,8-9,11H2,1-2H3,(H,21,22)/t13-,14+,18-/m0/s1. The van der Waals surface area contributed by atoms with Gasteiger partial charge < -0.3 is 9.55 Å². The zero-order chi connectivity index (χ0) is 18.8. The lowest BCUT2D eigenvalue weighted by atomic mass is 9.99. The average molecular weight is 387 g/mol. The van der Waals surface area contributed by atoms with Crippen molar-refractivity contribution in [2.75, 3.05) is 5.75 Å². The van der Waals surface area contributed by atoms with Crippen LogP contribution >= 0.6 is 0 Å². The normalized spacial score (nSPS) is 26.4. The number of nitrogens with zero attached hydrogens (tertiary/aromatic N) is 3. The summed E-state index contributed by atoms with van der Waals surface area (Å²) in [5.74, 6) is 2.10. The average Bonchev–Trinajstić information content (AvgIpc) is 3.13. The number of sulfone groups is 1. The molecule has 2 aliphatic carbocycles. The quantitative estimate of drug-likeness (QED) is 0.724. The highest BCUT2D eigenvalue weighted by Gasteiger charge is 2.42. The molecular weight excluding hydrogens is 360 g/mol. The fourth-order valence-corrected chi connectivity index (χ4v) is 7.17. The Morgan fingerprint density at radius 3 is 2.85 bits per heavy atom. The van der Waals surface area contributed by atoms with Gasteiger partial charge in [-0.1, -0.05) is 13.3 Å². The maximum Gasteiger partial charge on any atom is 0.153 e. The molecule has 1 N–H and O–H groups in total. The molecule has 0 saturated heterocycles. The molecule has 0 aromatic carbocycles. The number of aromatic amines is 1. The first-order chi connectivity index (χ1) is 13.0. The van der Waals surface area contributed by atoms with Crippen LogP contribution < -0.4 is 0 Å². The first kappa shape index (κ1) is 17.2. The number of pyridine rings is 1. The van der Waals surface area contributed by atoms with Gasteiger partial charge in [-0.05, 0) is 50.5 Å². The summed E-state index contributed by atoms with van der Waals surface area (Å²) in [6, 6.07) is 2.37. The van der Waals surface area contributed by atoms with E-state index in [1.807, 2.05) is 12.4 Å². The molecule has 5 rings (SSSR count). The fourth-order valence-electron chi connectivity index (χ4n) is 5.11. The van der Waals surface area contributed by atoms with Gasteiger partial charge in [0.05, 0.1) is 22.7 Å². The molecule has 3 aromatic heterocycles. The SMILES string of the molecule is CC[C@@H]1C[C@H](CS(=O)(=O)C2CC2)C[C@@H]1n1c(C)nc2cnc3[nH]ccc3c21. The fraction of sp³-hybridized carbons (Fsp3) is 0.600. The monoisotopic (exact) mass is 386 g/mol. The van der Waals surface area contributed by atoms with Crippen molar-refractivity contribution in [1.29, 1.82) is 0 Å². The Kier molecular flexibility index (Phi) is 3.86. The van der Waals surface area contributed by atoms with E-state index in [1.54, 1.807) is 0 Å². The highest BCUT2D eigenvalue weighted by Crippen LogP contribution is 2.45. The highest BCUT2D eigenvalue weighted by molar-refractivity contribution is 7.92. The van der Waals surface area contributed by atoms with Crippen molar-refractivity contribution in [2.45, 2.75) is 57.2 Å². The second-order valence-electron chi connectivity index (χ2n) is 8.36. The predicted molar refractivity (Wildman–Crippen MR) is 106 cm³/mol. The second kappa shape index (κ2) is 6.06. The summed E-state index contributed by atoms with van der Waals surface area (Å²) in [6.45, 7) is 4.27. The van der Waals surface area contributed by atoms with Gasteiger partial charge in [-0.3, -0.25) is 0 Å². The summed E-state index contributed by atoms with van der Waals surface area (Å²) < 4.78 is 27.4. The van der Waals surface area contributed by atoms with E-state index >= 15 is 0 Å². The van der Waals surface area contributed by atoms with Gasteiger partial charge in [-0.15, -0.1) is 0 Å². The lowest BCUT2D eigenvalue weighted by Gasteiger charge is -2.22. The van der Waals surface area contributed by atoms with Gasteiger partial charge in [0.2, 0.25) is 0 Å². The molecule has 2 saturated carbocycles. The van der Waals surface area contributed by atoms with Crippen molar-refractivity contribution in [2.24, 2.45) is 11.8 Å². The Hall–Kier alpha value is -1.89. The zero-order valence-electron chi connectivity index (χ0n) is 15.9. The van der Waals surface area contributed by atoms with Gasteiger partial charge in [0.1, 0.15) is 17.0 Å². The summed E-state index contributed by atoms with van der Waals surface area (Å²) in [6.07, 6.45) is 8.45. The molecule has 2 fully saturated rings. The van der Waals surface area contributed by atoms with Gasteiger partial charge in [0.15, 0.2) is 9.84 Å². The van der Waals surface area contributed by atoms with Crippen LogP contribution in [0.1, 0.15) is 50.9 Å². The number of hydrogen-bond acceptors (Lipinski definition) is 4. The molecule has 2 aliphatic rings. The van der Waals surface area contributed by atoms with E-state index in [-0.39, 0.29) is 11.2 Å². The van der Waals surface area contributed by atoms with Crippen LogP contribution in [0.3, 0.4) is 0 Å². The number of aryl methyl sites for hydroxylation is 1. The van der Waals surface area contributed by atoms with Crippen molar-refractivity contribution in [3.8, 4) is 0 Å². The van der Waals surface area contributed by atoms with E-state index in [1.165, 1.54) is 0 Å². The molecule has 6 nitrogen and oxygen atoms in total. The lowest BCUT2D eigenvalue weighted by Crippen LogP contribution is -2.18. The molecule has 3 atom stereocenters. The van der Waals surface area contributed by atoms with E-state index in [9.17, 15) is 8.42 Å². The summed E-state index contributed by atoms with van der Waals surface area (Å²) in [7, 11) is -2.91. The highest BCUT2D eigenvalue weighted by atomic mass is 32.2. The molecule has 0 spiro atoms. The molecule has 3 aromatic rings. The first-order valence-corrected chi connectivity index (χ1v) is 11.7. The number of aromatic nitrogens is 4. The zero-order valence-corrected chi connectivity index (χ0v) is 16.7. The van der Waals surface area contributed by atoms with Crippen molar-refractivity contribution < 1.29 is 8.42 Å². The number of H-pyrrole nitrogens is 1. The Bertz CT molecular complexity index is 1110. The van der Waals surface area contributed by atoms with Gasteiger partial charge in [0, 0.05) is 17.6 Å². The largest absolute Gasteiger partial charge is 0.346 e. The van der Waals surface area contributed by atoms with Crippen molar-refractivity contribution in [1.82, 2.24) is 19.5 Å². The Morgan fingerprint density at radius 2 is 2.11 bits per heavy atom. The Morgan fingerprint density at radius 1 is 1.30 bits per heavy atom. The van der Waals surface area contributed by atoms with Crippen LogP contribution in [0, 0.1) is 18.8 Å². The van der Waals surface area contributed by atoms with Gasteiger partial charge in [-0.2, -0.15) is 0 Å². The maximum atomic E-state index is 12.5. The van der Waals surface area contributed by atoms with Crippen LogP contribution in [0.4, 0.5) is 0 Å². The molecule has 0 unspecified atom stereocenters. The third kappa shape index (κ3) is 2.78. The van der Waals surface area contributed by atoms with Crippen LogP contribution in [-0.2, 0) is 9.84 Å². The van der Waals surface area contributed by atoms with Gasteiger partial charge in [0.25, 0.3) is 0 Å². The Balaban J connectivity index is 1.55. The minimum atomic E-state index is -2.91. The molecule has 0 bridgehead atoms. The third-order valence-electron chi connectivity index (χ3n) is 6.52. The molecular formula is C20H26N4O2S. The lowest BCUT2D eigenvalue weighted by molar-refractivity contribution is 0.372. The minimum Gasteiger partial charge on any atom is -0.346 e. The van der Waals surface area contributed by atoms with Crippen LogP contribution in [-0.4, -0.2) is 38.9 Å². The second-order valence-corrected chi connectivity index (χ2v) is 10.7. The summed E-state index contributed by atoms with van der Waals surface area (Å²) >= 11 is 0. The summed E-state index contributed by atoms with van der Waals surface area (Å²) in [5, 5.41) is 1.04.